The van der Waals surface area contributed by atoms with E-state index in [0.717, 1.165) is 49.7 Å². The quantitative estimate of drug-likeness (QED) is 0.608. The SMILES string of the molecule is Cc1cccc(Cc2ccc([C@@H]3CCCN(C(=O)CCn4nc(C)nc4C)C3)nc2)c1. The molecule has 1 atom stereocenters. The van der Waals surface area contributed by atoms with Gasteiger partial charge in [-0.1, -0.05) is 35.9 Å². The van der Waals surface area contributed by atoms with E-state index in [1.807, 2.05) is 29.6 Å². The molecule has 0 unspecified atom stereocenters. The maximum atomic E-state index is 12.8. The van der Waals surface area contributed by atoms with Crippen LogP contribution in [0.2, 0.25) is 0 Å². The molecular formula is C25H31N5O. The van der Waals surface area contributed by atoms with E-state index in [4.69, 9.17) is 4.98 Å². The topological polar surface area (TPSA) is 63.9 Å². The van der Waals surface area contributed by atoms with Crippen LogP contribution in [0.3, 0.4) is 0 Å². The Balaban J connectivity index is 1.34. The summed E-state index contributed by atoms with van der Waals surface area (Å²) in [6, 6.07) is 12.9. The lowest BCUT2D eigenvalue weighted by molar-refractivity contribution is -0.132. The Hall–Kier alpha value is -3.02. The molecule has 0 N–H and O–H groups in total. The van der Waals surface area contributed by atoms with Crippen molar-refractivity contribution >= 4 is 5.91 Å². The Morgan fingerprint density at radius 2 is 2.00 bits per heavy atom. The van der Waals surface area contributed by atoms with Crippen molar-refractivity contribution in [2.45, 2.75) is 58.9 Å². The first kappa shape index (κ1) is 21.2. The van der Waals surface area contributed by atoms with Crippen molar-refractivity contribution in [3.05, 3.63) is 76.6 Å². The molecule has 3 heterocycles. The number of piperidine rings is 1. The zero-order chi connectivity index (χ0) is 21.8. The molecule has 0 aliphatic carbocycles. The molecule has 4 rings (SSSR count). The van der Waals surface area contributed by atoms with Gasteiger partial charge in [-0.15, -0.1) is 0 Å². The van der Waals surface area contributed by atoms with Crippen LogP contribution < -0.4 is 0 Å². The van der Waals surface area contributed by atoms with E-state index in [0.29, 0.717) is 18.9 Å². The molecule has 6 nitrogen and oxygen atoms in total. The predicted molar refractivity (Wildman–Crippen MR) is 121 cm³/mol. The summed E-state index contributed by atoms with van der Waals surface area (Å²) in [5.74, 6) is 2.10. The summed E-state index contributed by atoms with van der Waals surface area (Å²) in [6.45, 7) is 8.08. The molecule has 162 valence electrons. The fourth-order valence-corrected chi connectivity index (χ4v) is 4.42. The van der Waals surface area contributed by atoms with Crippen LogP contribution in [0.25, 0.3) is 0 Å². The molecule has 3 aromatic rings. The summed E-state index contributed by atoms with van der Waals surface area (Å²) in [4.78, 5) is 23.9. The maximum Gasteiger partial charge on any atom is 0.224 e. The number of pyridine rings is 1. The van der Waals surface area contributed by atoms with Gasteiger partial charge in [-0.25, -0.2) is 9.67 Å². The Bertz CT molecular complexity index is 1040. The lowest BCUT2D eigenvalue weighted by Crippen LogP contribution is -2.39. The largest absolute Gasteiger partial charge is 0.342 e. The average Bonchev–Trinajstić information content (AvgIpc) is 3.09. The maximum absolute atomic E-state index is 12.8. The number of carbonyl (C=O) groups excluding carboxylic acids is 1. The van der Waals surface area contributed by atoms with Crippen LogP contribution >= 0.6 is 0 Å². The molecule has 1 fully saturated rings. The number of likely N-dealkylation sites (tertiary alicyclic amines) is 1. The number of nitrogens with zero attached hydrogens (tertiary/aromatic N) is 5. The minimum atomic E-state index is 0.188. The Labute approximate surface area is 184 Å². The van der Waals surface area contributed by atoms with E-state index in [1.165, 1.54) is 16.7 Å². The molecule has 31 heavy (non-hydrogen) atoms. The molecule has 0 radical (unpaired) electrons. The molecule has 1 saturated heterocycles. The highest BCUT2D eigenvalue weighted by Gasteiger charge is 2.25. The second-order valence-corrected chi connectivity index (χ2v) is 8.62. The normalized spacial score (nSPS) is 16.5. The molecule has 2 aromatic heterocycles. The zero-order valence-electron chi connectivity index (χ0n) is 18.7. The average molecular weight is 418 g/mol. The molecule has 0 spiro atoms. The molecular weight excluding hydrogens is 386 g/mol. The van der Waals surface area contributed by atoms with E-state index in [2.05, 4.69) is 53.4 Å². The van der Waals surface area contributed by atoms with Crippen molar-refractivity contribution < 1.29 is 4.79 Å². The number of aryl methyl sites for hydroxylation is 4. The van der Waals surface area contributed by atoms with Gasteiger partial charge in [-0.3, -0.25) is 9.78 Å². The van der Waals surface area contributed by atoms with Crippen molar-refractivity contribution in [3.63, 3.8) is 0 Å². The van der Waals surface area contributed by atoms with Crippen LogP contribution in [0.5, 0.6) is 0 Å². The second-order valence-electron chi connectivity index (χ2n) is 8.62. The summed E-state index contributed by atoms with van der Waals surface area (Å²) >= 11 is 0. The van der Waals surface area contributed by atoms with Crippen LogP contribution in [0.4, 0.5) is 0 Å². The van der Waals surface area contributed by atoms with Crippen LogP contribution in [-0.2, 0) is 17.8 Å². The number of hydrogen-bond acceptors (Lipinski definition) is 4. The van der Waals surface area contributed by atoms with Gasteiger partial charge >= 0.3 is 0 Å². The first-order chi connectivity index (χ1) is 15.0. The molecule has 6 heteroatoms. The number of rotatable bonds is 6. The summed E-state index contributed by atoms with van der Waals surface area (Å²) in [5.41, 5.74) is 4.90. The third-order valence-electron chi connectivity index (χ3n) is 6.03. The van der Waals surface area contributed by atoms with Gasteiger partial charge in [0.25, 0.3) is 0 Å². The van der Waals surface area contributed by atoms with Gasteiger partial charge in [0.1, 0.15) is 11.6 Å². The van der Waals surface area contributed by atoms with Crippen molar-refractivity contribution in [1.82, 2.24) is 24.6 Å². The molecule has 1 amide bonds. The van der Waals surface area contributed by atoms with E-state index in [9.17, 15) is 4.79 Å². The predicted octanol–water partition coefficient (Wildman–Crippen LogP) is 3.99. The van der Waals surface area contributed by atoms with Crippen molar-refractivity contribution in [3.8, 4) is 0 Å². The van der Waals surface area contributed by atoms with Crippen molar-refractivity contribution in [2.75, 3.05) is 13.1 Å². The van der Waals surface area contributed by atoms with Crippen molar-refractivity contribution in [1.29, 1.82) is 0 Å². The standard InChI is InChI=1S/C25H31N5O/c1-18-6-4-7-21(14-18)15-22-9-10-24(26-16-22)23-8-5-12-29(17-23)25(31)11-13-30-20(3)27-19(2)28-30/h4,6-7,9-10,14,16,23H,5,8,11-13,15,17H2,1-3H3/t23-/m1/s1. The number of aromatic nitrogens is 4. The number of amides is 1. The van der Waals surface area contributed by atoms with Crippen LogP contribution in [0, 0.1) is 20.8 Å². The Morgan fingerprint density at radius 3 is 2.71 bits per heavy atom. The summed E-state index contributed by atoms with van der Waals surface area (Å²) in [6.07, 6.45) is 5.44. The minimum Gasteiger partial charge on any atom is -0.342 e. The van der Waals surface area contributed by atoms with Crippen LogP contribution in [0.15, 0.2) is 42.6 Å². The highest BCUT2D eigenvalue weighted by Crippen LogP contribution is 2.26. The summed E-state index contributed by atoms with van der Waals surface area (Å²) in [7, 11) is 0. The number of hydrogen-bond donors (Lipinski definition) is 0. The van der Waals surface area contributed by atoms with E-state index < -0.39 is 0 Å². The molecule has 1 aliphatic heterocycles. The fraction of sp³-hybridized carbons (Fsp3) is 0.440. The van der Waals surface area contributed by atoms with Gasteiger partial charge in [0.2, 0.25) is 5.91 Å². The van der Waals surface area contributed by atoms with Gasteiger partial charge < -0.3 is 4.90 Å². The summed E-state index contributed by atoms with van der Waals surface area (Å²) in [5, 5.41) is 4.36. The second kappa shape index (κ2) is 9.41. The highest BCUT2D eigenvalue weighted by molar-refractivity contribution is 5.76. The smallest absolute Gasteiger partial charge is 0.224 e. The monoisotopic (exact) mass is 417 g/mol. The number of carbonyl (C=O) groups is 1. The molecule has 0 bridgehead atoms. The van der Waals surface area contributed by atoms with Crippen LogP contribution in [0.1, 0.15) is 59.2 Å². The third-order valence-corrected chi connectivity index (χ3v) is 6.03. The minimum absolute atomic E-state index is 0.188. The van der Waals surface area contributed by atoms with Gasteiger partial charge in [0, 0.05) is 37.3 Å². The summed E-state index contributed by atoms with van der Waals surface area (Å²) < 4.78 is 1.82. The number of benzene rings is 1. The fourth-order valence-electron chi connectivity index (χ4n) is 4.42. The van der Waals surface area contributed by atoms with Gasteiger partial charge in [0.15, 0.2) is 0 Å². The molecule has 1 aromatic carbocycles. The highest BCUT2D eigenvalue weighted by atomic mass is 16.2. The van der Waals surface area contributed by atoms with E-state index in [-0.39, 0.29) is 5.91 Å². The molecule has 1 aliphatic rings. The Morgan fingerprint density at radius 1 is 1.13 bits per heavy atom. The lowest BCUT2D eigenvalue weighted by atomic mass is 9.93. The van der Waals surface area contributed by atoms with Gasteiger partial charge in [0.05, 0.1) is 6.54 Å². The first-order valence-electron chi connectivity index (χ1n) is 11.1. The van der Waals surface area contributed by atoms with Gasteiger partial charge in [-0.05, 0) is 57.2 Å². The van der Waals surface area contributed by atoms with E-state index in [1.54, 1.807) is 0 Å². The van der Waals surface area contributed by atoms with Crippen LogP contribution in [-0.4, -0.2) is 43.6 Å². The zero-order valence-corrected chi connectivity index (χ0v) is 18.7. The third kappa shape index (κ3) is 5.37. The Kier molecular flexibility index (Phi) is 6.44. The lowest BCUT2D eigenvalue weighted by Gasteiger charge is -2.32. The molecule has 0 saturated carbocycles. The van der Waals surface area contributed by atoms with E-state index >= 15 is 0 Å². The van der Waals surface area contributed by atoms with Gasteiger partial charge in [-0.2, -0.15) is 5.10 Å². The first-order valence-corrected chi connectivity index (χ1v) is 11.1. The van der Waals surface area contributed by atoms with Crippen molar-refractivity contribution in [2.24, 2.45) is 0 Å².